The molecule has 0 aromatic rings. The van der Waals surface area contributed by atoms with Gasteiger partial charge in [-0.1, -0.05) is 6.08 Å². The second kappa shape index (κ2) is 4.01. The average molecular weight is 300 g/mol. The first-order valence-electron chi connectivity index (χ1n) is 4.20. The van der Waals surface area contributed by atoms with Crippen LogP contribution in [0.1, 0.15) is 6.42 Å². The van der Waals surface area contributed by atoms with Crippen LogP contribution in [-0.4, -0.2) is 35.7 Å². The molecule has 0 saturated heterocycles. The van der Waals surface area contributed by atoms with Gasteiger partial charge in [0.15, 0.2) is 0 Å². The SMILES string of the molecule is NC1=CCC([N+](=O)[O-])(S(=O)(=O)O)C=C1S(=O)(=O)O. The first-order valence-corrected chi connectivity index (χ1v) is 7.08. The molecule has 18 heavy (non-hydrogen) atoms. The van der Waals surface area contributed by atoms with Gasteiger partial charge in [0.2, 0.25) is 0 Å². The third-order valence-electron chi connectivity index (χ3n) is 2.29. The van der Waals surface area contributed by atoms with Crippen LogP contribution >= 0.6 is 0 Å². The molecule has 0 aliphatic heterocycles. The van der Waals surface area contributed by atoms with Crippen LogP contribution in [0.15, 0.2) is 22.8 Å². The molecular formula is C6H8N2O8S2. The van der Waals surface area contributed by atoms with E-state index in [1.165, 1.54) is 0 Å². The average Bonchev–Trinajstić information content (AvgIpc) is 2.14. The van der Waals surface area contributed by atoms with Gasteiger partial charge in [0.25, 0.3) is 10.1 Å². The third-order valence-corrected chi connectivity index (χ3v) is 4.53. The van der Waals surface area contributed by atoms with Crippen LogP contribution in [0.2, 0.25) is 0 Å². The highest BCUT2D eigenvalue weighted by Crippen LogP contribution is 2.33. The Morgan fingerprint density at radius 3 is 2.17 bits per heavy atom. The van der Waals surface area contributed by atoms with Gasteiger partial charge in [-0.3, -0.25) is 19.2 Å². The maximum atomic E-state index is 11.1. The van der Waals surface area contributed by atoms with Crippen LogP contribution in [0.3, 0.4) is 0 Å². The largest absolute Gasteiger partial charge is 0.398 e. The fourth-order valence-electron chi connectivity index (χ4n) is 1.33. The van der Waals surface area contributed by atoms with E-state index in [4.69, 9.17) is 14.8 Å². The highest BCUT2D eigenvalue weighted by Gasteiger charge is 2.55. The zero-order valence-corrected chi connectivity index (χ0v) is 10.2. The van der Waals surface area contributed by atoms with E-state index in [1.807, 2.05) is 0 Å². The Morgan fingerprint density at radius 2 is 1.83 bits per heavy atom. The summed E-state index contributed by atoms with van der Waals surface area (Å²) in [5.74, 6) is 0. The quantitative estimate of drug-likeness (QED) is 0.330. The maximum absolute atomic E-state index is 11.1. The van der Waals surface area contributed by atoms with Crippen LogP contribution < -0.4 is 5.73 Å². The van der Waals surface area contributed by atoms with E-state index >= 15 is 0 Å². The summed E-state index contributed by atoms with van der Waals surface area (Å²) >= 11 is 0. The first-order chi connectivity index (χ1) is 7.92. The Labute approximate surface area is 101 Å². The summed E-state index contributed by atoms with van der Waals surface area (Å²) in [5, 5.41) is 10.8. The van der Waals surface area contributed by atoms with Crippen LogP contribution in [0.4, 0.5) is 0 Å². The van der Waals surface area contributed by atoms with E-state index in [1.54, 1.807) is 0 Å². The smallest absolute Gasteiger partial charge is 0.366 e. The molecule has 4 N–H and O–H groups in total. The van der Waals surface area contributed by atoms with Crippen molar-refractivity contribution in [1.82, 2.24) is 0 Å². The summed E-state index contributed by atoms with van der Waals surface area (Å²) in [7, 11) is -10.2. The lowest BCUT2D eigenvalue weighted by Gasteiger charge is -2.22. The summed E-state index contributed by atoms with van der Waals surface area (Å²) in [6.45, 7) is 0. The van der Waals surface area contributed by atoms with Gasteiger partial charge >= 0.3 is 15.0 Å². The number of hydrogen-bond donors (Lipinski definition) is 3. The molecule has 1 rings (SSSR count). The van der Waals surface area contributed by atoms with Gasteiger partial charge < -0.3 is 5.73 Å². The molecule has 0 saturated carbocycles. The lowest BCUT2D eigenvalue weighted by atomic mass is 10.1. The minimum absolute atomic E-state index is 0.104. The second-order valence-electron chi connectivity index (χ2n) is 3.42. The van der Waals surface area contributed by atoms with Crippen molar-refractivity contribution in [3.63, 3.8) is 0 Å². The number of nitrogens with two attached hydrogens (primary N) is 1. The van der Waals surface area contributed by atoms with Gasteiger partial charge in [-0.2, -0.15) is 16.8 Å². The van der Waals surface area contributed by atoms with Crippen molar-refractivity contribution >= 4 is 20.2 Å². The molecule has 1 aliphatic carbocycles. The van der Waals surface area contributed by atoms with Gasteiger partial charge in [0.05, 0.1) is 6.42 Å². The molecule has 102 valence electrons. The zero-order chi connectivity index (χ0) is 14.4. The highest BCUT2D eigenvalue weighted by molar-refractivity contribution is 7.90. The first kappa shape index (κ1) is 14.6. The van der Waals surface area contributed by atoms with Crippen LogP contribution in [0.25, 0.3) is 0 Å². The van der Waals surface area contributed by atoms with Crippen LogP contribution in [0, 0.1) is 10.1 Å². The summed E-state index contributed by atoms with van der Waals surface area (Å²) in [4.78, 5) is 5.18. The number of nitro groups is 1. The summed E-state index contributed by atoms with van der Waals surface area (Å²) in [6, 6.07) is 0. The molecule has 0 spiro atoms. The fraction of sp³-hybridized carbons (Fsp3) is 0.333. The molecule has 1 atom stereocenters. The molecule has 12 heteroatoms. The number of rotatable bonds is 3. The van der Waals surface area contributed by atoms with Crippen molar-refractivity contribution in [1.29, 1.82) is 0 Å². The standard InChI is InChI=1S/C6H8N2O8S2/c7-4-1-2-6(8(9)10,18(14,15)16)3-5(4)17(11,12)13/h1,3H,2,7H2,(H,11,12,13)(H,14,15,16). The Hall–Kier alpha value is -1.50. The Kier molecular flexibility index (Phi) is 3.25. The molecule has 0 aromatic carbocycles. The third kappa shape index (κ3) is 2.22. The summed E-state index contributed by atoms with van der Waals surface area (Å²) in [5.41, 5.74) is 4.64. The summed E-state index contributed by atoms with van der Waals surface area (Å²) in [6.07, 6.45) is -0.0314. The fourth-order valence-corrected chi connectivity index (χ4v) is 2.88. The minimum atomic E-state index is -5.25. The Bertz CT molecular complexity index is 658. The van der Waals surface area contributed by atoms with Crippen LogP contribution in [0.5, 0.6) is 0 Å². The Balaban J connectivity index is 3.65. The van der Waals surface area contributed by atoms with Crippen molar-refractivity contribution in [2.75, 3.05) is 0 Å². The zero-order valence-electron chi connectivity index (χ0n) is 8.55. The van der Waals surface area contributed by atoms with E-state index in [9.17, 15) is 26.9 Å². The normalized spacial score (nSPS) is 25.2. The molecule has 0 heterocycles. The van der Waals surface area contributed by atoms with Gasteiger partial charge in [-0.25, -0.2) is 0 Å². The molecule has 0 fully saturated rings. The van der Waals surface area contributed by atoms with Crippen LogP contribution in [-0.2, 0) is 20.2 Å². The minimum Gasteiger partial charge on any atom is -0.398 e. The van der Waals surface area contributed by atoms with E-state index in [0.29, 0.717) is 0 Å². The molecular weight excluding hydrogens is 292 g/mol. The second-order valence-corrected chi connectivity index (χ2v) is 6.47. The van der Waals surface area contributed by atoms with Crippen molar-refractivity contribution in [3.8, 4) is 0 Å². The van der Waals surface area contributed by atoms with Crippen molar-refractivity contribution in [3.05, 3.63) is 32.9 Å². The maximum Gasteiger partial charge on any atom is 0.366 e. The lowest BCUT2D eigenvalue weighted by molar-refractivity contribution is -0.527. The van der Waals surface area contributed by atoms with E-state index < -0.39 is 47.1 Å². The molecule has 10 nitrogen and oxygen atoms in total. The van der Waals surface area contributed by atoms with Gasteiger partial charge in [-0.05, 0) is 0 Å². The molecule has 0 bridgehead atoms. The van der Waals surface area contributed by atoms with E-state index in [2.05, 4.69) is 0 Å². The Morgan fingerprint density at radius 1 is 1.33 bits per heavy atom. The molecule has 0 aromatic heterocycles. The van der Waals surface area contributed by atoms with Crippen molar-refractivity contribution in [2.45, 2.75) is 11.3 Å². The van der Waals surface area contributed by atoms with Gasteiger partial charge in [0, 0.05) is 16.7 Å². The van der Waals surface area contributed by atoms with Gasteiger partial charge in [0.1, 0.15) is 4.91 Å². The van der Waals surface area contributed by atoms with E-state index in [-0.39, 0.29) is 6.08 Å². The molecule has 0 amide bonds. The predicted octanol–water partition coefficient (Wildman–Crippen LogP) is -1.13. The highest BCUT2D eigenvalue weighted by atomic mass is 32.2. The predicted molar refractivity (Wildman–Crippen MR) is 57.8 cm³/mol. The lowest BCUT2D eigenvalue weighted by Crippen LogP contribution is -2.46. The molecule has 0 radical (unpaired) electrons. The molecule has 1 aliphatic rings. The number of hydrogen-bond acceptors (Lipinski definition) is 7. The monoisotopic (exact) mass is 300 g/mol. The number of nitrogens with zero attached hydrogens (tertiary/aromatic N) is 1. The molecule has 1 unspecified atom stereocenters. The van der Waals surface area contributed by atoms with Crippen molar-refractivity contribution in [2.24, 2.45) is 5.73 Å². The summed E-state index contributed by atoms with van der Waals surface area (Å²) < 4.78 is 61.6. The van der Waals surface area contributed by atoms with Gasteiger partial charge in [-0.15, -0.1) is 0 Å². The van der Waals surface area contributed by atoms with Crippen molar-refractivity contribution < 1.29 is 30.9 Å². The van der Waals surface area contributed by atoms with E-state index in [0.717, 1.165) is 6.08 Å². The topological polar surface area (TPSA) is 178 Å².